The van der Waals surface area contributed by atoms with Gasteiger partial charge in [0.1, 0.15) is 17.3 Å². The van der Waals surface area contributed by atoms with E-state index in [1.165, 1.54) is 24.3 Å². The number of anilines is 1. The van der Waals surface area contributed by atoms with Gasteiger partial charge in [0.2, 0.25) is 5.91 Å². The topological polar surface area (TPSA) is 80.6 Å². The van der Waals surface area contributed by atoms with Gasteiger partial charge in [-0.1, -0.05) is 12.1 Å². The van der Waals surface area contributed by atoms with E-state index in [-0.39, 0.29) is 47.1 Å². The van der Waals surface area contributed by atoms with Crippen LogP contribution in [0.1, 0.15) is 34.0 Å². The summed E-state index contributed by atoms with van der Waals surface area (Å²) in [5.74, 6) is 0.109. The molecule has 180 valence electrons. The maximum Gasteiger partial charge on any atom is 0.274 e. The first kappa shape index (κ1) is 22.8. The molecule has 35 heavy (non-hydrogen) atoms. The van der Waals surface area contributed by atoms with Crippen molar-refractivity contribution in [1.82, 2.24) is 9.47 Å². The third kappa shape index (κ3) is 4.69. The Morgan fingerprint density at radius 2 is 1.74 bits per heavy atom. The minimum absolute atomic E-state index is 0.0312. The van der Waals surface area contributed by atoms with Gasteiger partial charge in [-0.25, -0.2) is 4.39 Å². The van der Waals surface area contributed by atoms with Crippen molar-refractivity contribution in [2.75, 3.05) is 25.5 Å². The summed E-state index contributed by atoms with van der Waals surface area (Å²) in [7, 11) is 1.58. The zero-order chi connectivity index (χ0) is 24.5. The summed E-state index contributed by atoms with van der Waals surface area (Å²) in [5.41, 5.74) is 2.18. The van der Waals surface area contributed by atoms with Crippen LogP contribution >= 0.6 is 0 Å². The maximum absolute atomic E-state index is 13.2. The van der Waals surface area contributed by atoms with E-state index < -0.39 is 0 Å². The summed E-state index contributed by atoms with van der Waals surface area (Å²) >= 11 is 0. The molecule has 2 aliphatic heterocycles. The number of amides is 2. The molecule has 0 spiro atoms. The van der Waals surface area contributed by atoms with Gasteiger partial charge in [0, 0.05) is 36.8 Å². The second-order valence-electron chi connectivity index (χ2n) is 9.18. The molecule has 0 radical (unpaired) electrons. The Hall–Kier alpha value is -3.94. The van der Waals surface area contributed by atoms with E-state index in [1.807, 2.05) is 18.2 Å². The molecule has 3 heterocycles. The maximum atomic E-state index is 13.2. The average Bonchev–Trinajstić information content (AvgIpc) is 2.86. The number of ether oxygens (including phenoxy) is 1. The highest BCUT2D eigenvalue weighted by molar-refractivity contribution is 5.94. The number of hydrogen-bond acceptors (Lipinski definition) is 4. The van der Waals surface area contributed by atoms with Crippen LogP contribution in [0.5, 0.6) is 5.75 Å². The van der Waals surface area contributed by atoms with Crippen molar-refractivity contribution in [3.05, 3.63) is 93.7 Å². The number of aromatic nitrogens is 1. The van der Waals surface area contributed by atoms with Crippen molar-refractivity contribution in [3.8, 4) is 5.75 Å². The minimum atomic E-state index is -0.378. The summed E-state index contributed by atoms with van der Waals surface area (Å²) in [6.45, 7) is 1.52. The third-order valence-corrected chi connectivity index (χ3v) is 6.78. The molecule has 0 aliphatic carbocycles. The summed E-state index contributed by atoms with van der Waals surface area (Å²) in [6, 6.07) is 16.3. The summed E-state index contributed by atoms with van der Waals surface area (Å²) in [4.78, 5) is 40.5. The van der Waals surface area contributed by atoms with E-state index in [4.69, 9.17) is 4.74 Å². The van der Waals surface area contributed by atoms with Crippen molar-refractivity contribution in [2.24, 2.45) is 5.92 Å². The third-order valence-electron chi connectivity index (χ3n) is 6.78. The Bertz CT molecular complexity index is 1320. The van der Waals surface area contributed by atoms with Crippen LogP contribution in [-0.4, -0.2) is 41.5 Å². The lowest BCUT2D eigenvalue weighted by atomic mass is 9.83. The number of piperidine rings is 1. The quantitative estimate of drug-likeness (QED) is 0.613. The molecule has 2 aliphatic rings. The number of carbonyl (C=O) groups is 2. The Morgan fingerprint density at radius 1 is 1.00 bits per heavy atom. The number of nitrogens with zero attached hydrogens (tertiary/aromatic N) is 2. The molecular weight excluding hydrogens is 449 g/mol. The summed E-state index contributed by atoms with van der Waals surface area (Å²) < 4.78 is 20.1. The molecule has 8 heteroatoms. The molecule has 5 rings (SSSR count). The number of nitrogens with one attached hydrogen (secondary N) is 1. The van der Waals surface area contributed by atoms with Gasteiger partial charge in [-0.3, -0.25) is 14.4 Å². The van der Waals surface area contributed by atoms with Crippen molar-refractivity contribution < 1.29 is 18.7 Å². The van der Waals surface area contributed by atoms with E-state index in [9.17, 15) is 18.8 Å². The van der Waals surface area contributed by atoms with Gasteiger partial charge in [-0.2, -0.15) is 0 Å². The normalized spacial score (nSPS) is 18.5. The molecule has 0 saturated carbocycles. The zero-order valence-corrected chi connectivity index (χ0v) is 19.4. The van der Waals surface area contributed by atoms with E-state index >= 15 is 0 Å². The molecule has 2 atom stereocenters. The number of likely N-dealkylation sites (tertiary alicyclic amines) is 1. The standard InChI is InChI=1S/C27H26FN3O4/c1-35-22-8-2-17(3-9-22)13-25(32)29-23-10-11-24-20-12-18(15-31(24)27(23)34)14-30(16-20)26(33)19-4-6-21(28)7-5-19/h2-11,18,20H,12-16H2,1H3,(H,29,32)/t18-,20-/m1/s1. The molecule has 0 unspecified atom stereocenters. The minimum Gasteiger partial charge on any atom is -0.497 e. The predicted octanol–water partition coefficient (Wildman–Crippen LogP) is 3.44. The molecule has 2 bridgehead atoms. The number of fused-ring (bicyclic) bond motifs is 4. The zero-order valence-electron chi connectivity index (χ0n) is 19.4. The number of benzene rings is 2. The van der Waals surface area contributed by atoms with Gasteiger partial charge in [0.05, 0.1) is 13.5 Å². The van der Waals surface area contributed by atoms with E-state index in [0.29, 0.717) is 30.9 Å². The van der Waals surface area contributed by atoms with Gasteiger partial charge >= 0.3 is 0 Å². The Morgan fingerprint density at radius 3 is 2.46 bits per heavy atom. The van der Waals surface area contributed by atoms with Gasteiger partial charge < -0.3 is 19.5 Å². The van der Waals surface area contributed by atoms with Gasteiger partial charge in [-0.15, -0.1) is 0 Å². The first-order valence-corrected chi connectivity index (χ1v) is 11.6. The van der Waals surface area contributed by atoms with Gasteiger partial charge in [0.15, 0.2) is 0 Å². The largest absolute Gasteiger partial charge is 0.497 e. The molecular formula is C27H26FN3O4. The predicted molar refractivity (Wildman–Crippen MR) is 129 cm³/mol. The van der Waals surface area contributed by atoms with Gasteiger partial charge in [-0.05, 0) is 66.4 Å². The summed E-state index contributed by atoms with van der Waals surface area (Å²) in [6.07, 6.45) is 1.05. The number of rotatable bonds is 5. The molecule has 1 N–H and O–H groups in total. The number of halogens is 1. The van der Waals surface area contributed by atoms with E-state index in [2.05, 4.69) is 5.32 Å². The molecule has 1 saturated heterocycles. The van der Waals surface area contributed by atoms with Crippen LogP contribution < -0.4 is 15.6 Å². The fourth-order valence-electron chi connectivity index (χ4n) is 5.11. The number of methoxy groups -OCH3 is 1. The smallest absolute Gasteiger partial charge is 0.274 e. The average molecular weight is 476 g/mol. The number of hydrogen-bond donors (Lipinski definition) is 1. The molecule has 2 aromatic carbocycles. The highest BCUT2D eigenvalue weighted by atomic mass is 19.1. The monoisotopic (exact) mass is 475 g/mol. The molecule has 1 fully saturated rings. The SMILES string of the molecule is COc1ccc(CC(=O)Nc2ccc3n(c2=O)C[C@@H]2C[C@@H]3CN(C(=O)c3ccc(F)cc3)C2)cc1. The van der Waals surface area contributed by atoms with Gasteiger partial charge in [0.25, 0.3) is 11.5 Å². The van der Waals surface area contributed by atoms with Crippen LogP contribution in [0.4, 0.5) is 10.1 Å². The van der Waals surface area contributed by atoms with Crippen LogP contribution in [0.2, 0.25) is 0 Å². The lowest BCUT2D eigenvalue weighted by Crippen LogP contribution is -2.49. The molecule has 2 amide bonds. The van der Waals surface area contributed by atoms with Crippen LogP contribution in [0.15, 0.2) is 65.5 Å². The first-order chi connectivity index (χ1) is 16.9. The fourth-order valence-corrected chi connectivity index (χ4v) is 5.11. The van der Waals surface area contributed by atoms with E-state index in [1.54, 1.807) is 34.8 Å². The summed E-state index contributed by atoms with van der Waals surface area (Å²) in [5, 5.41) is 2.76. The fraction of sp³-hybridized carbons (Fsp3) is 0.296. The van der Waals surface area contributed by atoms with Crippen molar-refractivity contribution in [2.45, 2.75) is 25.3 Å². The second kappa shape index (κ2) is 9.37. The first-order valence-electron chi connectivity index (χ1n) is 11.6. The number of carbonyl (C=O) groups excluding carboxylic acids is 2. The number of pyridine rings is 1. The highest BCUT2D eigenvalue weighted by Gasteiger charge is 2.37. The lowest BCUT2D eigenvalue weighted by Gasteiger charge is -2.43. The second-order valence-corrected chi connectivity index (χ2v) is 9.18. The lowest BCUT2D eigenvalue weighted by molar-refractivity contribution is -0.115. The van der Waals surface area contributed by atoms with Crippen molar-refractivity contribution >= 4 is 17.5 Å². The van der Waals surface area contributed by atoms with Crippen LogP contribution in [0.3, 0.4) is 0 Å². The van der Waals surface area contributed by atoms with E-state index in [0.717, 1.165) is 17.7 Å². The van der Waals surface area contributed by atoms with Crippen molar-refractivity contribution in [1.29, 1.82) is 0 Å². The molecule has 7 nitrogen and oxygen atoms in total. The Kier molecular flexibility index (Phi) is 6.11. The highest BCUT2D eigenvalue weighted by Crippen LogP contribution is 2.36. The van der Waals surface area contributed by atoms with Crippen LogP contribution in [-0.2, 0) is 17.8 Å². The Labute approximate surface area is 202 Å². The van der Waals surface area contributed by atoms with Crippen LogP contribution in [0.25, 0.3) is 0 Å². The van der Waals surface area contributed by atoms with Crippen LogP contribution in [0, 0.1) is 11.7 Å². The molecule has 1 aromatic heterocycles. The Balaban J connectivity index is 1.30. The molecule has 3 aromatic rings. The van der Waals surface area contributed by atoms with Crippen molar-refractivity contribution in [3.63, 3.8) is 0 Å².